The maximum absolute atomic E-state index is 5.39. The summed E-state index contributed by atoms with van der Waals surface area (Å²) >= 11 is 2.03. The van der Waals surface area contributed by atoms with Crippen LogP contribution in [0.25, 0.3) is 0 Å². The van der Waals surface area contributed by atoms with E-state index in [4.69, 9.17) is 4.74 Å². The number of nitrogens with zero attached hydrogens (tertiary/aromatic N) is 1. The van der Waals surface area contributed by atoms with Gasteiger partial charge >= 0.3 is 0 Å². The van der Waals surface area contributed by atoms with E-state index in [0.717, 1.165) is 39.4 Å². The summed E-state index contributed by atoms with van der Waals surface area (Å²) in [6.07, 6.45) is 1.21. The maximum Gasteiger partial charge on any atom is 0.0594 e. The highest BCUT2D eigenvalue weighted by Gasteiger charge is 2.22. The molecule has 1 aromatic rings. The molecular weight excluding hydrogens is 268 g/mol. The molecule has 0 bridgehead atoms. The number of nitrogens with one attached hydrogen (secondary N) is 1. The lowest BCUT2D eigenvalue weighted by Gasteiger charge is -2.29. The molecule has 110 valence electrons. The van der Waals surface area contributed by atoms with Crippen LogP contribution in [-0.2, 0) is 11.2 Å². The molecule has 0 aromatic heterocycles. The first kappa shape index (κ1) is 14.4. The Morgan fingerprint density at radius 1 is 1.35 bits per heavy atom. The molecule has 0 radical (unpaired) electrons. The summed E-state index contributed by atoms with van der Waals surface area (Å²) in [6, 6.07) is 9.35. The molecule has 3 rings (SSSR count). The largest absolute Gasteiger partial charge is 0.379 e. The van der Waals surface area contributed by atoms with Gasteiger partial charge in [0.1, 0.15) is 0 Å². The fourth-order valence-electron chi connectivity index (χ4n) is 2.94. The second-order valence-corrected chi connectivity index (χ2v) is 7.12. The topological polar surface area (TPSA) is 24.5 Å². The van der Waals surface area contributed by atoms with E-state index in [2.05, 4.69) is 41.4 Å². The number of benzene rings is 1. The van der Waals surface area contributed by atoms with Crippen molar-refractivity contribution in [2.45, 2.75) is 29.5 Å². The van der Waals surface area contributed by atoms with Crippen molar-refractivity contribution < 1.29 is 4.74 Å². The first-order chi connectivity index (χ1) is 9.81. The van der Waals surface area contributed by atoms with Crippen LogP contribution in [0.1, 0.15) is 12.5 Å². The molecule has 2 unspecified atom stereocenters. The standard InChI is InChI=1S/C16H24N2OS/c1-13(12-18-6-8-19-9-7-18)17-11-15-10-14-4-2-3-5-16(14)20-15/h2-5,13,15,17H,6-12H2,1H3. The zero-order valence-corrected chi connectivity index (χ0v) is 13.0. The average Bonchev–Trinajstić information content (AvgIpc) is 2.89. The first-order valence-corrected chi connectivity index (χ1v) is 8.47. The minimum Gasteiger partial charge on any atom is -0.379 e. The monoisotopic (exact) mass is 292 g/mol. The number of fused-ring (bicyclic) bond motifs is 1. The number of morpholine rings is 1. The molecule has 2 atom stereocenters. The van der Waals surface area contributed by atoms with E-state index in [0.29, 0.717) is 11.3 Å². The Kier molecular flexibility index (Phi) is 4.99. The Hall–Kier alpha value is -0.550. The van der Waals surface area contributed by atoms with Crippen LogP contribution < -0.4 is 5.32 Å². The zero-order chi connectivity index (χ0) is 13.8. The number of ether oxygens (including phenoxy) is 1. The van der Waals surface area contributed by atoms with Crippen molar-refractivity contribution in [1.82, 2.24) is 10.2 Å². The Morgan fingerprint density at radius 3 is 2.95 bits per heavy atom. The lowest BCUT2D eigenvalue weighted by Crippen LogP contribution is -2.45. The fourth-order valence-corrected chi connectivity index (χ4v) is 4.20. The number of hydrogen-bond acceptors (Lipinski definition) is 4. The molecule has 0 spiro atoms. The summed E-state index contributed by atoms with van der Waals surface area (Å²) in [6.45, 7) is 8.47. The van der Waals surface area contributed by atoms with Gasteiger partial charge in [0.2, 0.25) is 0 Å². The van der Waals surface area contributed by atoms with Gasteiger partial charge in [-0.15, -0.1) is 11.8 Å². The molecule has 20 heavy (non-hydrogen) atoms. The van der Waals surface area contributed by atoms with Gasteiger partial charge in [0.25, 0.3) is 0 Å². The van der Waals surface area contributed by atoms with Crippen molar-refractivity contribution in [3.05, 3.63) is 29.8 Å². The highest BCUT2D eigenvalue weighted by Crippen LogP contribution is 2.36. The summed E-state index contributed by atoms with van der Waals surface area (Å²) in [4.78, 5) is 3.97. The zero-order valence-electron chi connectivity index (χ0n) is 12.2. The molecule has 1 saturated heterocycles. The van der Waals surface area contributed by atoms with Crippen LogP contribution in [-0.4, -0.2) is 55.6 Å². The SMILES string of the molecule is CC(CN1CCOCC1)NCC1Cc2ccccc2S1. The van der Waals surface area contributed by atoms with Gasteiger partial charge < -0.3 is 10.1 Å². The summed E-state index contributed by atoms with van der Waals surface area (Å²) in [5.41, 5.74) is 1.52. The van der Waals surface area contributed by atoms with E-state index in [1.54, 1.807) is 0 Å². The van der Waals surface area contributed by atoms with Crippen molar-refractivity contribution in [2.75, 3.05) is 39.4 Å². The summed E-state index contributed by atoms with van der Waals surface area (Å²) in [5, 5.41) is 4.40. The normalized spacial score (nSPS) is 24.6. The maximum atomic E-state index is 5.39. The number of hydrogen-bond donors (Lipinski definition) is 1. The van der Waals surface area contributed by atoms with Crippen molar-refractivity contribution in [3.63, 3.8) is 0 Å². The third-order valence-corrected chi connectivity index (χ3v) is 5.36. The van der Waals surface area contributed by atoms with Gasteiger partial charge in [-0.05, 0) is 25.0 Å². The van der Waals surface area contributed by atoms with Gasteiger partial charge in [0.05, 0.1) is 13.2 Å². The van der Waals surface area contributed by atoms with Crippen molar-refractivity contribution in [2.24, 2.45) is 0 Å². The van der Waals surface area contributed by atoms with Crippen LogP contribution in [0.4, 0.5) is 0 Å². The van der Waals surface area contributed by atoms with Gasteiger partial charge in [0.15, 0.2) is 0 Å². The molecule has 2 aliphatic heterocycles. The predicted octanol–water partition coefficient (Wildman–Crippen LogP) is 2.01. The predicted molar refractivity (Wildman–Crippen MR) is 84.5 cm³/mol. The molecular formula is C16H24N2OS. The van der Waals surface area contributed by atoms with Gasteiger partial charge in [-0.3, -0.25) is 4.90 Å². The molecule has 2 aliphatic rings. The number of thioether (sulfide) groups is 1. The average molecular weight is 292 g/mol. The van der Waals surface area contributed by atoms with Crippen LogP contribution in [0.3, 0.4) is 0 Å². The van der Waals surface area contributed by atoms with Crippen LogP contribution in [0.2, 0.25) is 0 Å². The van der Waals surface area contributed by atoms with E-state index in [9.17, 15) is 0 Å². The molecule has 0 aliphatic carbocycles. The minimum absolute atomic E-state index is 0.553. The third kappa shape index (κ3) is 3.76. The molecule has 1 fully saturated rings. The molecule has 0 amide bonds. The fraction of sp³-hybridized carbons (Fsp3) is 0.625. The van der Waals surface area contributed by atoms with E-state index in [-0.39, 0.29) is 0 Å². The van der Waals surface area contributed by atoms with E-state index in [1.165, 1.54) is 16.9 Å². The van der Waals surface area contributed by atoms with E-state index < -0.39 is 0 Å². The number of rotatable bonds is 5. The van der Waals surface area contributed by atoms with Gasteiger partial charge in [-0.25, -0.2) is 0 Å². The van der Waals surface area contributed by atoms with Crippen molar-refractivity contribution in [1.29, 1.82) is 0 Å². The Bertz CT molecular complexity index is 409. The smallest absolute Gasteiger partial charge is 0.0594 e. The molecule has 1 N–H and O–H groups in total. The Morgan fingerprint density at radius 2 is 2.15 bits per heavy atom. The summed E-state index contributed by atoms with van der Waals surface area (Å²) in [5.74, 6) is 0. The molecule has 3 nitrogen and oxygen atoms in total. The third-order valence-electron chi connectivity index (χ3n) is 4.04. The van der Waals surface area contributed by atoms with E-state index >= 15 is 0 Å². The lowest BCUT2D eigenvalue weighted by molar-refractivity contribution is 0.0344. The molecule has 4 heteroatoms. The van der Waals surface area contributed by atoms with Crippen LogP contribution in [0, 0.1) is 0 Å². The first-order valence-electron chi connectivity index (χ1n) is 7.59. The van der Waals surface area contributed by atoms with Gasteiger partial charge in [-0.2, -0.15) is 0 Å². The lowest BCUT2D eigenvalue weighted by atomic mass is 10.1. The van der Waals surface area contributed by atoms with Crippen LogP contribution >= 0.6 is 11.8 Å². The van der Waals surface area contributed by atoms with Gasteiger partial charge in [-0.1, -0.05) is 18.2 Å². The van der Waals surface area contributed by atoms with Gasteiger partial charge in [0, 0.05) is 42.4 Å². The summed E-state index contributed by atoms with van der Waals surface area (Å²) in [7, 11) is 0. The summed E-state index contributed by atoms with van der Waals surface area (Å²) < 4.78 is 5.39. The molecule has 0 saturated carbocycles. The highest BCUT2D eigenvalue weighted by atomic mass is 32.2. The molecule has 2 heterocycles. The van der Waals surface area contributed by atoms with E-state index in [1.807, 2.05) is 11.8 Å². The highest BCUT2D eigenvalue weighted by molar-refractivity contribution is 8.00. The van der Waals surface area contributed by atoms with Crippen molar-refractivity contribution in [3.8, 4) is 0 Å². The van der Waals surface area contributed by atoms with Crippen LogP contribution in [0.15, 0.2) is 29.2 Å². The van der Waals surface area contributed by atoms with Crippen LogP contribution in [0.5, 0.6) is 0 Å². The second-order valence-electron chi connectivity index (χ2n) is 5.77. The molecule has 1 aromatic carbocycles. The Balaban J connectivity index is 1.39. The van der Waals surface area contributed by atoms with Crippen molar-refractivity contribution >= 4 is 11.8 Å². The second kappa shape index (κ2) is 6.94. The Labute approximate surface area is 126 Å². The minimum atomic E-state index is 0.553. The quantitative estimate of drug-likeness (QED) is 0.897.